The highest BCUT2D eigenvalue weighted by Crippen LogP contribution is 2.10. The predicted molar refractivity (Wildman–Crippen MR) is 89.1 cm³/mol. The van der Waals surface area contributed by atoms with Crippen LogP contribution in [-0.2, 0) is 16.0 Å². The van der Waals surface area contributed by atoms with Crippen LogP contribution in [0.2, 0.25) is 0 Å². The quantitative estimate of drug-likeness (QED) is 0.368. The molecule has 2 aromatic rings. The van der Waals surface area contributed by atoms with Crippen LogP contribution in [-0.4, -0.2) is 28.2 Å². The summed E-state index contributed by atoms with van der Waals surface area (Å²) in [5.74, 6) is -1.02. The number of nitrogens with one attached hydrogen (secondary N) is 2. The number of hydrogen-bond donors (Lipinski definition) is 4. The molecule has 0 unspecified atom stereocenters. The second-order valence-electron chi connectivity index (χ2n) is 5.15. The molecule has 0 aliphatic heterocycles. The summed E-state index contributed by atoms with van der Waals surface area (Å²) < 4.78 is 0. The second kappa shape index (κ2) is 8.50. The molecule has 2 aromatic carbocycles. The van der Waals surface area contributed by atoms with Gasteiger partial charge in [0.2, 0.25) is 5.91 Å². The molecule has 1 atom stereocenters. The minimum absolute atomic E-state index is 0.138. The predicted octanol–water partition coefficient (Wildman–Crippen LogP) is 1.64. The van der Waals surface area contributed by atoms with Crippen LogP contribution in [0.4, 0.5) is 0 Å². The van der Waals surface area contributed by atoms with Gasteiger partial charge in [-0.25, -0.2) is 5.48 Å². The Bertz CT molecular complexity index is 712. The first-order chi connectivity index (χ1) is 11.6. The fraction of sp³-hybridized carbons (Fsp3) is 0.111. The topological polar surface area (TPSA) is 98.7 Å². The molecule has 6 nitrogen and oxygen atoms in total. The van der Waals surface area contributed by atoms with Gasteiger partial charge in [-0.1, -0.05) is 42.5 Å². The van der Waals surface area contributed by atoms with Crippen molar-refractivity contribution in [3.8, 4) is 5.75 Å². The highest BCUT2D eigenvalue weighted by atomic mass is 16.5. The molecule has 0 aliphatic carbocycles. The van der Waals surface area contributed by atoms with Crippen molar-refractivity contribution >= 4 is 17.9 Å². The van der Waals surface area contributed by atoms with Crippen LogP contribution < -0.4 is 10.8 Å². The van der Waals surface area contributed by atoms with Gasteiger partial charge in [-0.15, -0.1) is 0 Å². The highest BCUT2D eigenvalue weighted by molar-refractivity contribution is 5.95. The van der Waals surface area contributed by atoms with Gasteiger partial charge in [-0.3, -0.25) is 14.8 Å². The molecule has 0 saturated heterocycles. The number of phenolic OH excluding ortho intramolecular Hbond substituents is 1. The Morgan fingerprint density at radius 3 is 2.33 bits per heavy atom. The Balaban J connectivity index is 2.01. The van der Waals surface area contributed by atoms with E-state index in [1.165, 1.54) is 18.2 Å². The molecule has 24 heavy (non-hydrogen) atoms. The summed E-state index contributed by atoms with van der Waals surface area (Å²) in [6.45, 7) is 0. The Morgan fingerprint density at radius 1 is 1.04 bits per heavy atom. The van der Waals surface area contributed by atoms with E-state index in [2.05, 4.69) is 5.32 Å². The van der Waals surface area contributed by atoms with E-state index in [4.69, 9.17) is 5.21 Å². The third-order valence-electron chi connectivity index (χ3n) is 3.35. The first-order valence-corrected chi connectivity index (χ1v) is 7.34. The van der Waals surface area contributed by atoms with E-state index in [0.717, 1.165) is 11.1 Å². The Morgan fingerprint density at radius 2 is 1.71 bits per heavy atom. The molecule has 0 spiro atoms. The summed E-state index contributed by atoms with van der Waals surface area (Å²) in [6, 6.07) is 14.6. The van der Waals surface area contributed by atoms with Gasteiger partial charge in [0.15, 0.2) is 0 Å². The van der Waals surface area contributed by atoms with Crippen molar-refractivity contribution in [3.05, 3.63) is 71.8 Å². The zero-order chi connectivity index (χ0) is 17.4. The first kappa shape index (κ1) is 17.2. The third-order valence-corrected chi connectivity index (χ3v) is 3.35. The van der Waals surface area contributed by atoms with Crippen molar-refractivity contribution < 1.29 is 19.9 Å². The van der Waals surface area contributed by atoms with E-state index in [-0.39, 0.29) is 12.2 Å². The van der Waals surface area contributed by atoms with Gasteiger partial charge in [-0.05, 0) is 29.3 Å². The van der Waals surface area contributed by atoms with Gasteiger partial charge in [0.05, 0.1) is 0 Å². The van der Waals surface area contributed by atoms with Crippen LogP contribution in [0.15, 0.2) is 60.7 Å². The first-order valence-electron chi connectivity index (χ1n) is 7.34. The van der Waals surface area contributed by atoms with E-state index in [1.54, 1.807) is 23.7 Å². The zero-order valence-corrected chi connectivity index (χ0v) is 12.8. The number of carbonyl (C=O) groups excluding carboxylic acids is 2. The zero-order valence-electron chi connectivity index (χ0n) is 12.8. The Labute approximate surface area is 139 Å². The molecule has 0 fully saturated rings. The van der Waals surface area contributed by atoms with E-state index in [0.29, 0.717) is 0 Å². The monoisotopic (exact) mass is 326 g/mol. The van der Waals surface area contributed by atoms with Crippen molar-refractivity contribution in [2.24, 2.45) is 0 Å². The fourth-order valence-electron chi connectivity index (χ4n) is 2.11. The lowest BCUT2D eigenvalue weighted by Crippen LogP contribution is -2.46. The van der Waals surface area contributed by atoms with Crippen LogP contribution in [0.3, 0.4) is 0 Å². The highest BCUT2D eigenvalue weighted by Gasteiger charge is 2.19. The van der Waals surface area contributed by atoms with Crippen LogP contribution in [0.5, 0.6) is 5.75 Å². The third kappa shape index (κ3) is 5.26. The number of amides is 2. The molecule has 0 radical (unpaired) electrons. The molecule has 2 rings (SSSR count). The lowest BCUT2D eigenvalue weighted by molar-refractivity contribution is -0.133. The fourth-order valence-corrected chi connectivity index (χ4v) is 2.11. The largest absolute Gasteiger partial charge is 0.508 e. The van der Waals surface area contributed by atoms with E-state index < -0.39 is 17.9 Å². The second-order valence-corrected chi connectivity index (χ2v) is 5.15. The van der Waals surface area contributed by atoms with Gasteiger partial charge >= 0.3 is 0 Å². The van der Waals surface area contributed by atoms with Crippen molar-refractivity contribution in [3.63, 3.8) is 0 Å². The number of hydrogen-bond acceptors (Lipinski definition) is 4. The van der Waals surface area contributed by atoms with Gasteiger partial charge < -0.3 is 10.4 Å². The molecule has 0 saturated carbocycles. The Kier molecular flexibility index (Phi) is 6.10. The smallest absolute Gasteiger partial charge is 0.266 e. The van der Waals surface area contributed by atoms with Gasteiger partial charge in [0.1, 0.15) is 11.8 Å². The number of rotatable bonds is 6. The molecule has 2 amide bonds. The summed E-state index contributed by atoms with van der Waals surface area (Å²) in [5, 5.41) is 20.6. The minimum atomic E-state index is -0.894. The summed E-state index contributed by atoms with van der Waals surface area (Å²) >= 11 is 0. The van der Waals surface area contributed by atoms with Crippen molar-refractivity contribution in [1.29, 1.82) is 0 Å². The maximum Gasteiger partial charge on any atom is 0.266 e. The average molecular weight is 326 g/mol. The van der Waals surface area contributed by atoms with E-state index >= 15 is 0 Å². The number of hydroxylamine groups is 1. The number of aromatic hydroxyl groups is 1. The lowest BCUT2D eigenvalue weighted by atomic mass is 10.1. The maximum absolute atomic E-state index is 12.0. The molecule has 0 aliphatic rings. The van der Waals surface area contributed by atoms with Crippen LogP contribution >= 0.6 is 0 Å². The SMILES string of the molecule is O=C(/C=C/c1ccc(O)cc1)N[C@@H](Cc1ccccc1)C(=O)NO. The molecule has 6 heteroatoms. The Hall–Kier alpha value is -3.12. The van der Waals surface area contributed by atoms with Gasteiger partial charge in [0.25, 0.3) is 5.91 Å². The summed E-state index contributed by atoms with van der Waals surface area (Å²) in [4.78, 5) is 23.7. The van der Waals surface area contributed by atoms with Crippen molar-refractivity contribution in [2.75, 3.05) is 0 Å². The van der Waals surface area contributed by atoms with E-state index in [9.17, 15) is 14.7 Å². The molecule has 124 valence electrons. The van der Waals surface area contributed by atoms with Crippen LogP contribution in [0.1, 0.15) is 11.1 Å². The number of phenols is 1. The minimum Gasteiger partial charge on any atom is -0.508 e. The summed E-state index contributed by atoms with van der Waals surface area (Å²) in [7, 11) is 0. The molecule has 4 N–H and O–H groups in total. The van der Waals surface area contributed by atoms with Gasteiger partial charge in [0, 0.05) is 12.5 Å². The van der Waals surface area contributed by atoms with Crippen LogP contribution in [0.25, 0.3) is 6.08 Å². The molecular weight excluding hydrogens is 308 g/mol. The van der Waals surface area contributed by atoms with E-state index in [1.807, 2.05) is 30.3 Å². The summed E-state index contributed by atoms with van der Waals surface area (Å²) in [6.07, 6.45) is 3.10. The molecule has 0 heterocycles. The van der Waals surface area contributed by atoms with Crippen LogP contribution in [0, 0.1) is 0 Å². The maximum atomic E-state index is 12.0. The summed E-state index contributed by atoms with van der Waals surface area (Å²) in [5.41, 5.74) is 3.15. The normalized spacial score (nSPS) is 11.9. The number of benzene rings is 2. The average Bonchev–Trinajstić information content (AvgIpc) is 2.61. The van der Waals surface area contributed by atoms with Crippen molar-refractivity contribution in [2.45, 2.75) is 12.5 Å². The van der Waals surface area contributed by atoms with Gasteiger partial charge in [-0.2, -0.15) is 0 Å². The molecule has 0 aromatic heterocycles. The molecule has 0 bridgehead atoms. The molecular formula is C18H18N2O4. The van der Waals surface area contributed by atoms with Crippen molar-refractivity contribution in [1.82, 2.24) is 10.8 Å². The standard InChI is InChI=1S/C18H18N2O4/c21-15-9-6-13(7-10-15)8-11-17(22)19-16(18(23)20-24)12-14-4-2-1-3-5-14/h1-11,16,21,24H,12H2,(H,19,22)(H,20,23)/b11-8+/t16-/m0/s1. The lowest BCUT2D eigenvalue weighted by Gasteiger charge is -2.15. The number of carbonyl (C=O) groups is 2.